The molecule has 0 aromatic carbocycles. The third kappa shape index (κ3) is 3.63. The summed E-state index contributed by atoms with van der Waals surface area (Å²) in [7, 11) is 1.90. The zero-order valence-electron chi connectivity index (χ0n) is 11.4. The first-order chi connectivity index (χ1) is 9.08. The minimum Gasteiger partial charge on any atom is -0.370 e. The number of hydrogen-bond donors (Lipinski definition) is 2. The highest BCUT2D eigenvalue weighted by molar-refractivity contribution is 7.71. The maximum atomic E-state index is 10.8. The van der Waals surface area contributed by atoms with Crippen molar-refractivity contribution in [1.82, 2.24) is 14.3 Å². The highest BCUT2D eigenvalue weighted by Crippen LogP contribution is 2.02. The Labute approximate surface area is 118 Å². The molecule has 0 spiro atoms. The van der Waals surface area contributed by atoms with E-state index in [1.54, 1.807) is 0 Å². The molecule has 1 aromatic heterocycles. The Morgan fingerprint density at radius 2 is 2.11 bits per heavy atom. The molecule has 3 N–H and O–H groups in total. The molecular weight excluding hydrogens is 262 g/mol. The monoisotopic (exact) mass is 284 g/mol. The van der Waals surface area contributed by atoms with Crippen molar-refractivity contribution < 1.29 is 9.69 Å². The van der Waals surface area contributed by atoms with Gasteiger partial charge < -0.3 is 15.2 Å². The highest BCUT2D eigenvalue weighted by atomic mass is 32.1. The number of carbonyl (C=O) groups excluding carboxylic acids is 1. The van der Waals surface area contributed by atoms with E-state index < -0.39 is 0 Å². The summed E-state index contributed by atoms with van der Waals surface area (Å²) in [6.07, 6.45) is 4.77. The standard InChI is InChI=1S/C12H21N5OS/c1-15-11(6-5-10(13)18)14-17(12(15)19)9-16-7-3-2-4-8-16/h2-9H2,1H3,(H2,13,18)/p+1. The Kier molecular flexibility index (Phi) is 4.71. The average molecular weight is 284 g/mol. The molecule has 0 bridgehead atoms. The summed E-state index contributed by atoms with van der Waals surface area (Å²) in [6.45, 7) is 3.20. The predicted octanol–water partition coefficient (Wildman–Crippen LogP) is -0.605. The number of likely N-dealkylation sites (tertiary alicyclic amines) is 1. The van der Waals surface area contributed by atoms with Gasteiger partial charge in [-0.25, -0.2) is 0 Å². The number of quaternary nitrogens is 1. The van der Waals surface area contributed by atoms with Gasteiger partial charge in [-0.05, 0) is 31.5 Å². The Balaban J connectivity index is 2.06. The lowest BCUT2D eigenvalue weighted by molar-refractivity contribution is -0.928. The zero-order valence-corrected chi connectivity index (χ0v) is 12.2. The molecule has 0 aliphatic carbocycles. The molecule has 1 aliphatic heterocycles. The van der Waals surface area contributed by atoms with Crippen molar-refractivity contribution >= 4 is 18.1 Å². The van der Waals surface area contributed by atoms with Crippen molar-refractivity contribution in [3.63, 3.8) is 0 Å². The van der Waals surface area contributed by atoms with Crippen molar-refractivity contribution in [3.05, 3.63) is 10.6 Å². The van der Waals surface area contributed by atoms with Crippen LogP contribution in [0.1, 0.15) is 31.5 Å². The van der Waals surface area contributed by atoms with Crippen LogP contribution in [-0.2, 0) is 24.9 Å². The molecule has 1 saturated heterocycles. The van der Waals surface area contributed by atoms with Gasteiger partial charge in [-0.2, -0.15) is 9.78 Å². The minimum atomic E-state index is -0.304. The van der Waals surface area contributed by atoms with Gasteiger partial charge in [0.05, 0.1) is 13.1 Å². The molecule has 1 aromatic rings. The van der Waals surface area contributed by atoms with Gasteiger partial charge in [0.25, 0.3) is 0 Å². The van der Waals surface area contributed by atoms with Gasteiger partial charge in [0.2, 0.25) is 10.7 Å². The van der Waals surface area contributed by atoms with Gasteiger partial charge in [-0.3, -0.25) is 4.79 Å². The number of nitrogens with zero attached hydrogens (tertiary/aromatic N) is 3. The van der Waals surface area contributed by atoms with E-state index in [1.165, 1.54) is 37.3 Å². The molecule has 1 aliphatic rings. The van der Waals surface area contributed by atoms with Gasteiger partial charge in [0.1, 0.15) is 5.82 Å². The topological polar surface area (TPSA) is 70.3 Å². The first-order valence-electron chi connectivity index (χ1n) is 6.82. The van der Waals surface area contributed by atoms with Crippen LogP contribution in [0.15, 0.2) is 0 Å². The third-order valence-electron chi connectivity index (χ3n) is 3.66. The van der Waals surface area contributed by atoms with Crippen LogP contribution in [0.25, 0.3) is 0 Å². The summed E-state index contributed by atoms with van der Waals surface area (Å²) in [5.74, 6) is 0.530. The fourth-order valence-corrected chi connectivity index (χ4v) is 2.72. The molecule has 0 unspecified atom stereocenters. The Hall–Kier alpha value is -1.21. The molecule has 7 heteroatoms. The molecule has 6 nitrogen and oxygen atoms in total. The number of amides is 1. The lowest BCUT2D eigenvalue weighted by Gasteiger charge is -2.22. The number of aromatic nitrogens is 3. The molecule has 1 fully saturated rings. The van der Waals surface area contributed by atoms with Crippen LogP contribution in [0.4, 0.5) is 0 Å². The Morgan fingerprint density at radius 1 is 1.42 bits per heavy atom. The van der Waals surface area contributed by atoms with Gasteiger partial charge in [0.15, 0.2) is 6.67 Å². The summed E-state index contributed by atoms with van der Waals surface area (Å²) < 4.78 is 4.48. The van der Waals surface area contributed by atoms with E-state index in [0.29, 0.717) is 12.8 Å². The first-order valence-corrected chi connectivity index (χ1v) is 7.23. The van der Waals surface area contributed by atoms with Gasteiger partial charge in [0, 0.05) is 19.9 Å². The molecule has 0 atom stereocenters. The molecule has 19 heavy (non-hydrogen) atoms. The van der Waals surface area contributed by atoms with Crippen LogP contribution in [0.2, 0.25) is 0 Å². The molecule has 1 amide bonds. The lowest BCUT2D eigenvalue weighted by atomic mass is 10.1. The van der Waals surface area contributed by atoms with Gasteiger partial charge in [-0.1, -0.05) is 0 Å². The fraction of sp³-hybridized carbons (Fsp3) is 0.750. The molecule has 0 radical (unpaired) electrons. The fourth-order valence-electron chi connectivity index (χ4n) is 2.51. The maximum Gasteiger partial charge on any atom is 0.217 e. The van der Waals surface area contributed by atoms with E-state index in [0.717, 1.165) is 17.3 Å². The van der Waals surface area contributed by atoms with Crippen LogP contribution in [0.3, 0.4) is 0 Å². The van der Waals surface area contributed by atoms with Gasteiger partial charge in [-0.15, -0.1) is 0 Å². The second-order valence-corrected chi connectivity index (χ2v) is 5.56. The van der Waals surface area contributed by atoms with Crippen molar-refractivity contribution in [1.29, 1.82) is 0 Å². The van der Waals surface area contributed by atoms with Crippen molar-refractivity contribution in [2.45, 2.75) is 38.8 Å². The number of nitrogens with two attached hydrogens (primary N) is 1. The second kappa shape index (κ2) is 6.29. The Morgan fingerprint density at radius 3 is 2.74 bits per heavy atom. The van der Waals surface area contributed by atoms with E-state index in [2.05, 4.69) is 5.10 Å². The third-order valence-corrected chi connectivity index (χ3v) is 4.14. The quantitative estimate of drug-likeness (QED) is 0.709. The molecule has 0 saturated carbocycles. The van der Waals surface area contributed by atoms with Crippen molar-refractivity contribution in [3.8, 4) is 0 Å². The number of piperidine rings is 1. The summed E-state index contributed by atoms with van der Waals surface area (Å²) in [5, 5.41) is 4.52. The van der Waals surface area contributed by atoms with E-state index in [-0.39, 0.29) is 5.91 Å². The van der Waals surface area contributed by atoms with Crippen LogP contribution in [0.5, 0.6) is 0 Å². The first kappa shape index (κ1) is 14.2. The number of nitrogens with one attached hydrogen (secondary N) is 1. The minimum absolute atomic E-state index is 0.304. The smallest absolute Gasteiger partial charge is 0.217 e. The summed E-state index contributed by atoms with van der Waals surface area (Å²) in [6, 6.07) is 0. The van der Waals surface area contributed by atoms with Crippen molar-refractivity contribution in [2.75, 3.05) is 13.1 Å². The number of aryl methyl sites for hydroxylation is 1. The molecular formula is C12H22N5OS+. The van der Waals surface area contributed by atoms with E-state index in [1.807, 2.05) is 16.3 Å². The van der Waals surface area contributed by atoms with Gasteiger partial charge >= 0.3 is 0 Å². The summed E-state index contributed by atoms with van der Waals surface area (Å²) in [5.41, 5.74) is 5.17. The Bertz CT molecular complexity index is 501. The van der Waals surface area contributed by atoms with E-state index in [4.69, 9.17) is 18.0 Å². The van der Waals surface area contributed by atoms with Crippen LogP contribution in [-0.4, -0.2) is 33.3 Å². The van der Waals surface area contributed by atoms with Crippen LogP contribution < -0.4 is 10.6 Å². The normalized spacial score (nSPS) is 16.7. The maximum absolute atomic E-state index is 10.8. The summed E-state index contributed by atoms with van der Waals surface area (Å²) >= 11 is 5.40. The van der Waals surface area contributed by atoms with E-state index in [9.17, 15) is 4.79 Å². The molecule has 106 valence electrons. The summed E-state index contributed by atoms with van der Waals surface area (Å²) in [4.78, 5) is 12.4. The SMILES string of the molecule is Cn1c(CCC(N)=O)nn(C[NH+]2CCCCC2)c1=S. The lowest BCUT2D eigenvalue weighted by Crippen LogP contribution is -3.12. The molecule has 2 rings (SSSR count). The molecule has 2 heterocycles. The predicted molar refractivity (Wildman–Crippen MR) is 74.1 cm³/mol. The zero-order chi connectivity index (χ0) is 13.8. The number of primary amides is 1. The number of rotatable bonds is 5. The van der Waals surface area contributed by atoms with Crippen molar-refractivity contribution in [2.24, 2.45) is 12.8 Å². The number of hydrogen-bond acceptors (Lipinski definition) is 3. The highest BCUT2D eigenvalue weighted by Gasteiger charge is 2.16. The number of carbonyl (C=O) groups is 1. The average Bonchev–Trinajstić information content (AvgIpc) is 2.66. The van der Waals surface area contributed by atoms with Crippen LogP contribution in [0, 0.1) is 4.77 Å². The largest absolute Gasteiger partial charge is 0.370 e. The van der Waals surface area contributed by atoms with Crippen LogP contribution >= 0.6 is 12.2 Å². The van der Waals surface area contributed by atoms with E-state index >= 15 is 0 Å². The second-order valence-electron chi connectivity index (χ2n) is 5.19.